The van der Waals surface area contributed by atoms with E-state index < -0.39 is 0 Å². The van der Waals surface area contributed by atoms with Crippen molar-refractivity contribution in [3.05, 3.63) is 69.7 Å². The van der Waals surface area contributed by atoms with E-state index in [-0.39, 0.29) is 23.6 Å². The molecule has 140 valence electrons. The fourth-order valence-electron chi connectivity index (χ4n) is 4.23. The number of carbonyl (C=O) groups is 1. The number of carbonyl (C=O) groups excluding carboxylic acids is 1. The average Bonchev–Trinajstić information content (AvgIpc) is 3.17. The van der Waals surface area contributed by atoms with E-state index in [4.69, 9.17) is 0 Å². The van der Waals surface area contributed by atoms with Gasteiger partial charge in [0.25, 0.3) is 5.91 Å². The molecule has 0 aromatic heterocycles. The van der Waals surface area contributed by atoms with Crippen LogP contribution in [0.2, 0.25) is 0 Å². The van der Waals surface area contributed by atoms with Gasteiger partial charge < -0.3 is 15.7 Å². The number of phenolic OH excluding ortho intramolecular Hbond substituents is 1. The molecular formula is C22H23BrN2O2. The number of benzene rings is 2. The molecule has 4 rings (SSSR count). The Balaban J connectivity index is 1.79. The molecule has 3 N–H and O–H groups in total. The maximum atomic E-state index is 12.7. The van der Waals surface area contributed by atoms with Crippen molar-refractivity contribution in [2.24, 2.45) is 5.92 Å². The number of hydrogen-bond donors (Lipinski definition) is 3. The van der Waals surface area contributed by atoms with E-state index in [0.29, 0.717) is 18.0 Å². The van der Waals surface area contributed by atoms with Crippen molar-refractivity contribution >= 4 is 27.5 Å². The summed E-state index contributed by atoms with van der Waals surface area (Å²) in [6, 6.07) is 11.4. The third-order valence-electron chi connectivity index (χ3n) is 5.50. The molecule has 5 heteroatoms. The highest BCUT2D eigenvalue weighted by atomic mass is 79.9. The van der Waals surface area contributed by atoms with Gasteiger partial charge in [0.2, 0.25) is 0 Å². The summed E-state index contributed by atoms with van der Waals surface area (Å²) in [5, 5.41) is 17.1. The third kappa shape index (κ3) is 3.25. The van der Waals surface area contributed by atoms with Crippen LogP contribution in [0.5, 0.6) is 5.75 Å². The fourth-order valence-corrected chi connectivity index (χ4v) is 4.61. The van der Waals surface area contributed by atoms with E-state index in [2.05, 4.69) is 44.8 Å². The molecule has 1 aliphatic heterocycles. The zero-order valence-electron chi connectivity index (χ0n) is 15.2. The topological polar surface area (TPSA) is 61.4 Å². The first-order chi connectivity index (χ1) is 13.1. The van der Waals surface area contributed by atoms with Gasteiger partial charge in [-0.1, -0.05) is 47.1 Å². The van der Waals surface area contributed by atoms with Gasteiger partial charge in [-0.05, 0) is 48.6 Å². The number of phenols is 1. The summed E-state index contributed by atoms with van der Waals surface area (Å²) in [5.41, 5.74) is 3.56. The standard InChI is InChI=1S/C22H23BrN2O2/c1-2-11-24-22(27)17-8-4-7-15-14-5-3-6-16(14)21(25-20(15)17)18-12-13(23)9-10-19(18)26/h3-5,7-10,12,14,16,21,25-26H,2,6,11H2,1H3,(H,24,27). The Bertz CT molecular complexity index is 909. The van der Waals surface area contributed by atoms with Gasteiger partial charge >= 0.3 is 0 Å². The van der Waals surface area contributed by atoms with E-state index in [9.17, 15) is 9.90 Å². The summed E-state index contributed by atoms with van der Waals surface area (Å²) >= 11 is 3.51. The molecule has 27 heavy (non-hydrogen) atoms. The van der Waals surface area contributed by atoms with Crippen molar-refractivity contribution in [2.75, 3.05) is 11.9 Å². The lowest BCUT2D eigenvalue weighted by Crippen LogP contribution is -2.32. The number of fused-ring (bicyclic) bond motifs is 3. The minimum Gasteiger partial charge on any atom is -0.508 e. The largest absolute Gasteiger partial charge is 0.508 e. The molecule has 0 fully saturated rings. The van der Waals surface area contributed by atoms with Gasteiger partial charge in [-0.15, -0.1) is 0 Å². The Labute approximate surface area is 167 Å². The molecule has 3 atom stereocenters. The van der Waals surface area contributed by atoms with Crippen LogP contribution in [0.1, 0.15) is 53.2 Å². The molecule has 0 saturated carbocycles. The van der Waals surface area contributed by atoms with Crippen LogP contribution in [0.25, 0.3) is 0 Å². The van der Waals surface area contributed by atoms with Gasteiger partial charge in [-0.25, -0.2) is 0 Å². The zero-order chi connectivity index (χ0) is 19.0. The van der Waals surface area contributed by atoms with Gasteiger partial charge in [0.15, 0.2) is 0 Å². The highest BCUT2D eigenvalue weighted by Gasteiger charge is 2.40. The van der Waals surface area contributed by atoms with Crippen LogP contribution in [-0.4, -0.2) is 17.6 Å². The lowest BCUT2D eigenvalue weighted by atomic mass is 9.76. The molecule has 0 saturated heterocycles. The monoisotopic (exact) mass is 426 g/mol. The van der Waals surface area contributed by atoms with Crippen molar-refractivity contribution < 1.29 is 9.90 Å². The van der Waals surface area contributed by atoms with E-state index in [1.807, 2.05) is 31.2 Å². The Morgan fingerprint density at radius 2 is 2.15 bits per heavy atom. The molecule has 0 spiro atoms. The molecule has 4 nitrogen and oxygen atoms in total. The summed E-state index contributed by atoms with van der Waals surface area (Å²) < 4.78 is 0.930. The molecule has 1 aliphatic carbocycles. The first kappa shape index (κ1) is 18.1. The van der Waals surface area contributed by atoms with Gasteiger partial charge in [-0.2, -0.15) is 0 Å². The molecule has 0 radical (unpaired) electrons. The highest BCUT2D eigenvalue weighted by Crippen LogP contribution is 2.52. The lowest BCUT2D eigenvalue weighted by Gasteiger charge is -2.38. The maximum Gasteiger partial charge on any atom is 0.253 e. The molecular weight excluding hydrogens is 404 g/mol. The van der Waals surface area contributed by atoms with Crippen LogP contribution in [0.4, 0.5) is 5.69 Å². The van der Waals surface area contributed by atoms with Crippen LogP contribution in [0.15, 0.2) is 53.0 Å². The number of anilines is 1. The number of amides is 1. The quantitative estimate of drug-likeness (QED) is 0.594. The van der Waals surface area contributed by atoms with E-state index >= 15 is 0 Å². The second-order valence-electron chi connectivity index (χ2n) is 7.20. The number of rotatable bonds is 4. The molecule has 2 aromatic rings. The number of para-hydroxylation sites is 1. The number of aromatic hydroxyl groups is 1. The van der Waals surface area contributed by atoms with Gasteiger partial charge in [0.05, 0.1) is 17.3 Å². The van der Waals surface area contributed by atoms with Gasteiger partial charge in [0, 0.05) is 22.5 Å². The number of hydrogen-bond acceptors (Lipinski definition) is 3. The van der Waals surface area contributed by atoms with Crippen LogP contribution < -0.4 is 10.6 Å². The average molecular weight is 427 g/mol. The van der Waals surface area contributed by atoms with E-state index in [1.165, 1.54) is 0 Å². The van der Waals surface area contributed by atoms with E-state index in [1.54, 1.807) is 6.07 Å². The van der Waals surface area contributed by atoms with Gasteiger partial charge in [0.1, 0.15) is 5.75 Å². The summed E-state index contributed by atoms with van der Waals surface area (Å²) in [6.07, 6.45) is 6.29. The van der Waals surface area contributed by atoms with E-state index in [0.717, 1.165) is 34.1 Å². The SMILES string of the molecule is CCCNC(=O)c1cccc2c1NC(c1cc(Br)ccc1O)C1CC=CC21. The second kappa shape index (κ2) is 7.39. The minimum absolute atomic E-state index is 0.0566. The van der Waals surface area contributed by atoms with Gasteiger partial charge in [-0.3, -0.25) is 4.79 Å². The molecule has 3 unspecified atom stereocenters. The van der Waals surface area contributed by atoms with Crippen molar-refractivity contribution in [1.82, 2.24) is 5.32 Å². The van der Waals surface area contributed by atoms with Crippen molar-refractivity contribution in [3.63, 3.8) is 0 Å². The predicted octanol–water partition coefficient (Wildman–Crippen LogP) is 5.12. The Morgan fingerprint density at radius 1 is 1.30 bits per heavy atom. The molecule has 2 aliphatic rings. The third-order valence-corrected chi connectivity index (χ3v) is 5.99. The summed E-state index contributed by atoms with van der Waals surface area (Å²) in [6.45, 7) is 2.70. The summed E-state index contributed by atoms with van der Waals surface area (Å²) in [7, 11) is 0. The first-order valence-corrected chi connectivity index (χ1v) is 10.2. The molecule has 0 bridgehead atoms. The Kier molecular flexibility index (Phi) is 4.96. The van der Waals surface area contributed by atoms with Crippen molar-refractivity contribution in [1.29, 1.82) is 0 Å². The fraction of sp³-hybridized carbons (Fsp3) is 0.318. The number of allylic oxidation sites excluding steroid dienone is 2. The zero-order valence-corrected chi connectivity index (χ0v) is 16.8. The predicted molar refractivity (Wildman–Crippen MR) is 111 cm³/mol. The Morgan fingerprint density at radius 3 is 2.96 bits per heavy atom. The Hall–Kier alpha value is -2.27. The molecule has 1 heterocycles. The van der Waals surface area contributed by atoms with Crippen molar-refractivity contribution in [3.8, 4) is 5.75 Å². The lowest BCUT2D eigenvalue weighted by molar-refractivity contribution is 0.0954. The summed E-state index contributed by atoms with van der Waals surface area (Å²) in [4.78, 5) is 12.7. The normalized spacial score (nSPS) is 22.7. The molecule has 2 aromatic carbocycles. The van der Waals surface area contributed by atoms with Crippen LogP contribution in [-0.2, 0) is 0 Å². The smallest absolute Gasteiger partial charge is 0.253 e. The minimum atomic E-state index is -0.0601. The van der Waals surface area contributed by atoms with Crippen LogP contribution in [0.3, 0.4) is 0 Å². The van der Waals surface area contributed by atoms with Crippen molar-refractivity contribution in [2.45, 2.75) is 31.7 Å². The molecule has 1 amide bonds. The summed E-state index contributed by atoms with van der Waals surface area (Å²) in [5.74, 6) is 0.770. The van der Waals surface area contributed by atoms with Crippen LogP contribution in [0, 0.1) is 5.92 Å². The second-order valence-corrected chi connectivity index (χ2v) is 8.12. The highest BCUT2D eigenvalue weighted by molar-refractivity contribution is 9.10. The van der Waals surface area contributed by atoms with Crippen LogP contribution >= 0.6 is 15.9 Å². The maximum absolute atomic E-state index is 12.7. The number of nitrogens with one attached hydrogen (secondary N) is 2. The number of halogens is 1. The first-order valence-electron chi connectivity index (χ1n) is 9.43.